The second kappa shape index (κ2) is 7.51. The molecule has 2 amide bonds. The second-order valence-electron chi connectivity index (χ2n) is 6.96. The third-order valence-corrected chi connectivity index (χ3v) is 6.10. The van der Waals surface area contributed by atoms with E-state index in [0.29, 0.717) is 12.8 Å². The van der Waals surface area contributed by atoms with E-state index in [1.165, 1.54) is 0 Å². The van der Waals surface area contributed by atoms with Crippen molar-refractivity contribution in [1.29, 1.82) is 0 Å². The minimum absolute atomic E-state index is 0.0348. The highest BCUT2D eigenvalue weighted by Crippen LogP contribution is 2.48. The summed E-state index contributed by atoms with van der Waals surface area (Å²) < 4.78 is 5.55. The lowest BCUT2D eigenvalue weighted by molar-refractivity contribution is -0.142. The Morgan fingerprint density at radius 1 is 1.13 bits per heavy atom. The molecule has 2 fully saturated rings. The number of ether oxygens (including phenoxy) is 1. The first-order valence-electron chi connectivity index (χ1n) is 8.79. The summed E-state index contributed by atoms with van der Waals surface area (Å²) in [7, 11) is 1.74. The zero-order valence-electron chi connectivity index (χ0n) is 14.4. The molecule has 0 saturated heterocycles. The van der Waals surface area contributed by atoms with Crippen LogP contribution in [0.1, 0.15) is 58.8 Å². The maximum atomic E-state index is 12.3. The molecule has 2 aliphatic rings. The summed E-state index contributed by atoms with van der Waals surface area (Å²) in [5, 5.41) is 15.1. The number of hydrogen-bond acceptors (Lipinski definition) is 3. The van der Waals surface area contributed by atoms with Crippen molar-refractivity contribution in [2.45, 2.75) is 77.0 Å². The molecule has 0 heterocycles. The number of carboxylic acid groups (broad SMARTS) is 1. The van der Waals surface area contributed by atoms with Gasteiger partial charge in [-0.1, -0.05) is 13.8 Å². The molecule has 0 bridgehead atoms. The van der Waals surface area contributed by atoms with Crippen molar-refractivity contribution in [3.05, 3.63) is 0 Å². The predicted molar refractivity (Wildman–Crippen MR) is 87.3 cm³/mol. The van der Waals surface area contributed by atoms with Crippen LogP contribution in [0.15, 0.2) is 0 Å². The Balaban J connectivity index is 1.81. The molecular formula is C17H30N2O4. The summed E-state index contributed by atoms with van der Waals surface area (Å²) in [5.74, 6) is -0.971. The summed E-state index contributed by atoms with van der Waals surface area (Å²) in [6.07, 6.45) is 5.80. The minimum Gasteiger partial charge on any atom is -0.481 e. The number of hydrogen-bond donors (Lipinski definition) is 3. The van der Waals surface area contributed by atoms with Crippen LogP contribution in [0.4, 0.5) is 4.79 Å². The van der Waals surface area contributed by atoms with Gasteiger partial charge in [-0.15, -0.1) is 0 Å². The maximum absolute atomic E-state index is 12.3. The van der Waals surface area contributed by atoms with E-state index < -0.39 is 5.97 Å². The molecule has 0 aromatic rings. The molecule has 3 N–H and O–H groups in total. The quantitative estimate of drug-likeness (QED) is 0.700. The van der Waals surface area contributed by atoms with Crippen LogP contribution in [-0.2, 0) is 9.53 Å². The molecular weight excluding hydrogens is 296 g/mol. The predicted octanol–water partition coefficient (Wildman–Crippen LogP) is 2.52. The molecule has 0 aliphatic heterocycles. The lowest BCUT2D eigenvalue weighted by Crippen LogP contribution is -2.65. The summed E-state index contributed by atoms with van der Waals surface area (Å²) in [4.78, 5) is 23.2. The first-order valence-corrected chi connectivity index (χ1v) is 8.79. The number of aliphatic carboxylic acids is 1. The Labute approximate surface area is 138 Å². The Morgan fingerprint density at radius 3 is 2.22 bits per heavy atom. The van der Waals surface area contributed by atoms with Crippen LogP contribution < -0.4 is 10.6 Å². The van der Waals surface area contributed by atoms with E-state index in [1.54, 1.807) is 7.11 Å². The van der Waals surface area contributed by atoms with Gasteiger partial charge in [-0.2, -0.15) is 0 Å². The van der Waals surface area contributed by atoms with Crippen LogP contribution in [0.3, 0.4) is 0 Å². The number of methoxy groups -OCH3 is 1. The van der Waals surface area contributed by atoms with Crippen LogP contribution >= 0.6 is 0 Å². The molecule has 0 aromatic carbocycles. The van der Waals surface area contributed by atoms with Gasteiger partial charge in [0.15, 0.2) is 0 Å². The molecule has 2 rings (SSSR count). The van der Waals surface area contributed by atoms with Gasteiger partial charge in [-0.25, -0.2) is 4.79 Å². The number of nitrogens with one attached hydrogen (secondary N) is 2. The van der Waals surface area contributed by atoms with Gasteiger partial charge in [-0.05, 0) is 44.9 Å². The minimum atomic E-state index is -0.719. The molecule has 6 heteroatoms. The van der Waals surface area contributed by atoms with Gasteiger partial charge in [0.2, 0.25) is 0 Å². The van der Waals surface area contributed by atoms with Crippen LogP contribution in [0.25, 0.3) is 0 Å². The van der Waals surface area contributed by atoms with Crippen LogP contribution in [-0.4, -0.2) is 42.4 Å². The highest BCUT2D eigenvalue weighted by atomic mass is 16.5. The van der Waals surface area contributed by atoms with Crippen LogP contribution in [0.2, 0.25) is 0 Å². The highest BCUT2D eigenvalue weighted by molar-refractivity contribution is 5.75. The summed E-state index contributed by atoms with van der Waals surface area (Å²) in [6, 6.07) is 0.106. The Bertz CT molecular complexity index is 428. The van der Waals surface area contributed by atoms with Crippen molar-refractivity contribution in [3.63, 3.8) is 0 Å². The fraction of sp³-hybridized carbons (Fsp3) is 0.882. The molecule has 2 unspecified atom stereocenters. The summed E-state index contributed by atoms with van der Waals surface area (Å²) >= 11 is 0. The van der Waals surface area contributed by atoms with Crippen LogP contribution in [0.5, 0.6) is 0 Å². The number of carbonyl (C=O) groups excluding carboxylic acids is 1. The maximum Gasteiger partial charge on any atom is 0.315 e. The molecule has 0 radical (unpaired) electrons. The van der Waals surface area contributed by atoms with Gasteiger partial charge < -0.3 is 20.5 Å². The Hall–Kier alpha value is -1.30. The number of rotatable bonds is 6. The van der Waals surface area contributed by atoms with E-state index in [9.17, 15) is 9.59 Å². The standard InChI is InChI=1S/C17H30N2O4/c1-4-17(5-2)13(10-14(17)23-3)19-16(22)18-12-8-6-11(7-9-12)15(20)21/h11-14H,4-10H2,1-3H3,(H,20,21)(H2,18,19,22). The Morgan fingerprint density at radius 2 is 1.74 bits per heavy atom. The van der Waals surface area contributed by atoms with Crippen molar-refractivity contribution in [2.75, 3.05) is 7.11 Å². The van der Waals surface area contributed by atoms with Crippen molar-refractivity contribution in [1.82, 2.24) is 10.6 Å². The fourth-order valence-electron chi connectivity index (χ4n) is 4.35. The summed E-state index contributed by atoms with van der Waals surface area (Å²) in [6.45, 7) is 4.29. The van der Waals surface area contributed by atoms with Gasteiger partial charge in [-0.3, -0.25) is 4.79 Å². The highest BCUT2D eigenvalue weighted by Gasteiger charge is 2.53. The van der Waals surface area contributed by atoms with Gasteiger partial charge >= 0.3 is 12.0 Å². The molecule has 0 spiro atoms. The lowest BCUT2D eigenvalue weighted by Gasteiger charge is -2.55. The van der Waals surface area contributed by atoms with E-state index in [-0.39, 0.29) is 35.6 Å². The smallest absolute Gasteiger partial charge is 0.315 e. The van der Waals surface area contributed by atoms with Crippen molar-refractivity contribution < 1.29 is 19.4 Å². The van der Waals surface area contributed by atoms with Crippen molar-refractivity contribution in [3.8, 4) is 0 Å². The largest absolute Gasteiger partial charge is 0.481 e. The van der Waals surface area contributed by atoms with E-state index in [1.807, 2.05) is 0 Å². The van der Waals surface area contributed by atoms with Crippen molar-refractivity contribution >= 4 is 12.0 Å². The van der Waals surface area contributed by atoms with Gasteiger partial charge in [0.05, 0.1) is 12.0 Å². The van der Waals surface area contributed by atoms with Crippen molar-refractivity contribution in [2.24, 2.45) is 11.3 Å². The average molecular weight is 326 g/mol. The zero-order chi connectivity index (χ0) is 17.0. The number of urea groups is 1. The van der Waals surface area contributed by atoms with E-state index in [0.717, 1.165) is 32.1 Å². The van der Waals surface area contributed by atoms with E-state index >= 15 is 0 Å². The van der Waals surface area contributed by atoms with Gasteiger partial charge in [0, 0.05) is 24.6 Å². The first kappa shape index (κ1) is 18.0. The molecule has 2 atom stereocenters. The normalized spacial score (nSPS) is 32.7. The third kappa shape index (κ3) is 3.62. The fourth-order valence-corrected chi connectivity index (χ4v) is 4.35. The van der Waals surface area contributed by atoms with Gasteiger partial charge in [0.25, 0.3) is 0 Å². The van der Waals surface area contributed by atoms with E-state index in [4.69, 9.17) is 9.84 Å². The topological polar surface area (TPSA) is 87.7 Å². The molecule has 0 aromatic heterocycles. The van der Waals surface area contributed by atoms with Crippen LogP contribution in [0, 0.1) is 11.3 Å². The molecule has 23 heavy (non-hydrogen) atoms. The SMILES string of the molecule is CCC1(CC)C(NC(=O)NC2CCC(C(=O)O)CC2)CC1OC. The monoisotopic (exact) mass is 326 g/mol. The number of carboxylic acids is 1. The second-order valence-corrected chi connectivity index (χ2v) is 6.96. The number of amides is 2. The molecule has 2 saturated carbocycles. The average Bonchev–Trinajstić information content (AvgIpc) is 2.53. The first-order chi connectivity index (χ1) is 11.0. The number of carbonyl (C=O) groups is 2. The molecule has 2 aliphatic carbocycles. The van der Waals surface area contributed by atoms with E-state index in [2.05, 4.69) is 24.5 Å². The zero-order valence-corrected chi connectivity index (χ0v) is 14.4. The molecule has 132 valence electrons. The van der Waals surface area contributed by atoms with Gasteiger partial charge in [0.1, 0.15) is 0 Å². The Kier molecular flexibility index (Phi) is 5.89. The third-order valence-electron chi connectivity index (χ3n) is 6.10. The molecule has 6 nitrogen and oxygen atoms in total. The summed E-state index contributed by atoms with van der Waals surface area (Å²) in [5.41, 5.74) is 0.0348. The lowest BCUT2D eigenvalue weighted by atomic mass is 9.58.